The van der Waals surface area contributed by atoms with E-state index >= 15 is 0 Å². The van der Waals surface area contributed by atoms with Gasteiger partial charge in [-0.3, -0.25) is 9.69 Å². The fourth-order valence-electron chi connectivity index (χ4n) is 5.80. The smallest absolute Gasteiger partial charge is 0.220 e. The van der Waals surface area contributed by atoms with Gasteiger partial charge in [-0.15, -0.1) is 21.5 Å². The number of amides is 1. The van der Waals surface area contributed by atoms with E-state index in [0.29, 0.717) is 0 Å². The lowest BCUT2D eigenvalue weighted by Crippen LogP contribution is -2.42. The molecule has 1 atom stereocenters. The summed E-state index contributed by atoms with van der Waals surface area (Å²) in [5.41, 5.74) is 9.38. The number of carbonyl (C=O) groups is 1. The Labute approximate surface area is 232 Å². The lowest BCUT2D eigenvalue weighted by molar-refractivity contribution is -0.123. The topological polar surface area (TPSA) is 92.8 Å². The number of fused-ring (bicyclic) bond motifs is 1. The first-order valence-corrected chi connectivity index (χ1v) is 14.6. The molecular formula is C31H34N6OS. The summed E-state index contributed by atoms with van der Waals surface area (Å²) in [5.74, 6) is 1.76. The highest BCUT2D eigenvalue weighted by Gasteiger charge is 2.32. The number of para-hydroxylation sites is 1. The molecule has 2 aromatic carbocycles. The van der Waals surface area contributed by atoms with Crippen molar-refractivity contribution in [1.82, 2.24) is 24.6 Å². The number of hydrogen-bond donors (Lipinski definition) is 2. The lowest BCUT2D eigenvalue weighted by atomic mass is 9.93. The molecule has 7 nitrogen and oxygen atoms in total. The van der Waals surface area contributed by atoms with E-state index in [1.165, 1.54) is 21.4 Å². The van der Waals surface area contributed by atoms with Crippen molar-refractivity contribution in [3.8, 4) is 0 Å². The van der Waals surface area contributed by atoms with Crippen LogP contribution in [0.15, 0.2) is 78.3 Å². The number of hydrogen-bond acceptors (Lipinski definition) is 5. The molecule has 0 aliphatic carbocycles. The fourth-order valence-corrected chi connectivity index (χ4v) is 6.49. The van der Waals surface area contributed by atoms with Gasteiger partial charge in [0.1, 0.15) is 5.82 Å². The molecule has 4 heterocycles. The number of benzene rings is 2. The molecule has 1 unspecified atom stereocenters. The molecule has 0 bridgehead atoms. The van der Waals surface area contributed by atoms with E-state index in [2.05, 4.69) is 92.8 Å². The normalized spacial score (nSPS) is 15.6. The minimum atomic E-state index is -0.188. The van der Waals surface area contributed by atoms with Crippen LogP contribution in [-0.2, 0) is 30.6 Å². The van der Waals surface area contributed by atoms with E-state index < -0.39 is 0 Å². The third-order valence-electron chi connectivity index (χ3n) is 7.99. The van der Waals surface area contributed by atoms with Crippen molar-refractivity contribution in [2.45, 2.75) is 44.7 Å². The lowest BCUT2D eigenvalue weighted by Gasteiger charge is -2.36. The molecule has 3 aromatic heterocycles. The van der Waals surface area contributed by atoms with Gasteiger partial charge in [0.05, 0.1) is 12.6 Å². The molecule has 1 saturated heterocycles. The molecule has 0 radical (unpaired) electrons. The number of primary amides is 1. The van der Waals surface area contributed by atoms with Gasteiger partial charge in [-0.05, 0) is 67.4 Å². The van der Waals surface area contributed by atoms with Crippen molar-refractivity contribution in [2.75, 3.05) is 13.1 Å². The van der Waals surface area contributed by atoms with Crippen LogP contribution < -0.4 is 5.73 Å². The van der Waals surface area contributed by atoms with E-state index in [1.54, 1.807) is 11.3 Å². The Hall–Kier alpha value is -3.75. The first kappa shape index (κ1) is 25.5. The predicted molar refractivity (Wildman–Crippen MR) is 156 cm³/mol. The second-order valence-electron chi connectivity index (χ2n) is 10.4. The largest absolute Gasteiger partial charge is 0.369 e. The van der Waals surface area contributed by atoms with E-state index in [9.17, 15) is 4.79 Å². The van der Waals surface area contributed by atoms with Gasteiger partial charge < -0.3 is 15.3 Å². The highest BCUT2D eigenvalue weighted by molar-refractivity contribution is 7.09. The van der Waals surface area contributed by atoms with Crippen molar-refractivity contribution in [3.63, 3.8) is 0 Å². The van der Waals surface area contributed by atoms with E-state index in [4.69, 9.17) is 15.9 Å². The molecule has 1 fully saturated rings. The standard InChI is InChI=1S/C31H34N6OS/c32-30(38)23-14-16-36(17-15-23)28(19-24-20-33-27-11-5-4-10-26(24)27)31-35-34-29(13-12-22-7-2-1-3-8-22)37(31)21-25-9-6-18-39-25/h1-11,18,20,23,28,33H,12-17,19,21H2,(H2,32,38). The van der Waals surface area contributed by atoms with Gasteiger partial charge in [0.25, 0.3) is 0 Å². The summed E-state index contributed by atoms with van der Waals surface area (Å²) in [7, 11) is 0. The molecule has 0 saturated carbocycles. The molecule has 1 amide bonds. The summed E-state index contributed by atoms with van der Waals surface area (Å²) in [4.78, 5) is 19.1. The van der Waals surface area contributed by atoms with E-state index in [-0.39, 0.29) is 17.9 Å². The number of nitrogens with two attached hydrogens (primary N) is 1. The van der Waals surface area contributed by atoms with Gasteiger partial charge in [0, 0.05) is 34.3 Å². The molecular weight excluding hydrogens is 504 g/mol. The number of aromatic amines is 1. The molecule has 5 aromatic rings. The Morgan fingerprint density at radius 2 is 1.79 bits per heavy atom. The van der Waals surface area contributed by atoms with Crippen LogP contribution in [0.1, 0.15) is 46.5 Å². The minimum absolute atomic E-state index is 0.0379. The van der Waals surface area contributed by atoms with Crippen LogP contribution in [0.2, 0.25) is 0 Å². The Balaban J connectivity index is 1.36. The Morgan fingerprint density at radius 1 is 1.00 bits per heavy atom. The van der Waals surface area contributed by atoms with Gasteiger partial charge in [-0.25, -0.2) is 0 Å². The maximum absolute atomic E-state index is 11.9. The van der Waals surface area contributed by atoms with E-state index in [0.717, 1.165) is 68.9 Å². The van der Waals surface area contributed by atoms with Crippen molar-refractivity contribution < 1.29 is 4.79 Å². The first-order chi connectivity index (χ1) is 19.2. The number of thiophene rings is 1. The van der Waals surface area contributed by atoms with Crippen LogP contribution in [0.5, 0.6) is 0 Å². The van der Waals surface area contributed by atoms with Gasteiger partial charge in [-0.1, -0.05) is 54.6 Å². The Morgan fingerprint density at radius 3 is 2.56 bits per heavy atom. The summed E-state index contributed by atoms with van der Waals surface area (Å²) >= 11 is 1.76. The zero-order valence-corrected chi connectivity index (χ0v) is 22.8. The van der Waals surface area contributed by atoms with Crippen LogP contribution in [0.4, 0.5) is 0 Å². The molecule has 39 heavy (non-hydrogen) atoms. The molecule has 8 heteroatoms. The number of rotatable bonds is 10. The number of aryl methyl sites for hydroxylation is 2. The number of piperidine rings is 1. The number of likely N-dealkylation sites (tertiary alicyclic amines) is 1. The van der Waals surface area contributed by atoms with Gasteiger partial charge in [0.2, 0.25) is 5.91 Å². The fraction of sp³-hybridized carbons (Fsp3) is 0.323. The van der Waals surface area contributed by atoms with Crippen molar-refractivity contribution in [2.24, 2.45) is 11.7 Å². The monoisotopic (exact) mass is 538 g/mol. The third kappa shape index (κ3) is 5.67. The van der Waals surface area contributed by atoms with Crippen LogP contribution in [0.3, 0.4) is 0 Å². The molecule has 0 spiro atoms. The SMILES string of the molecule is NC(=O)C1CCN(C(Cc2c[nH]c3ccccc23)c2nnc(CCc3ccccc3)n2Cc2cccs2)CC1. The number of nitrogens with one attached hydrogen (secondary N) is 1. The average Bonchev–Trinajstić information content (AvgIpc) is 3.73. The summed E-state index contributed by atoms with van der Waals surface area (Å²) < 4.78 is 2.34. The zero-order chi connectivity index (χ0) is 26.6. The maximum atomic E-state index is 11.9. The highest BCUT2D eigenvalue weighted by atomic mass is 32.1. The van der Waals surface area contributed by atoms with Crippen LogP contribution in [0.25, 0.3) is 10.9 Å². The van der Waals surface area contributed by atoms with Crippen molar-refractivity contribution in [3.05, 3.63) is 106 Å². The zero-order valence-electron chi connectivity index (χ0n) is 22.0. The van der Waals surface area contributed by atoms with Crippen molar-refractivity contribution >= 4 is 28.1 Å². The molecule has 1 aliphatic rings. The second kappa shape index (κ2) is 11.6. The van der Waals surface area contributed by atoms with Crippen molar-refractivity contribution in [1.29, 1.82) is 0 Å². The highest BCUT2D eigenvalue weighted by Crippen LogP contribution is 2.32. The van der Waals surface area contributed by atoms with Crippen LogP contribution >= 0.6 is 11.3 Å². The number of carbonyl (C=O) groups excluding carboxylic acids is 1. The summed E-state index contributed by atoms with van der Waals surface area (Å²) in [6.45, 7) is 2.38. The molecule has 6 rings (SSSR count). The van der Waals surface area contributed by atoms with Gasteiger partial charge in [0.15, 0.2) is 5.82 Å². The number of H-pyrrole nitrogens is 1. The Bertz CT molecular complexity index is 1520. The second-order valence-corrected chi connectivity index (χ2v) is 11.4. The number of aromatic nitrogens is 4. The van der Waals surface area contributed by atoms with Crippen LogP contribution in [0, 0.1) is 5.92 Å². The summed E-state index contributed by atoms with van der Waals surface area (Å²) in [5, 5.41) is 13.0. The summed E-state index contributed by atoms with van der Waals surface area (Å²) in [6.07, 6.45) is 6.24. The van der Waals surface area contributed by atoms with E-state index in [1.807, 2.05) is 0 Å². The van der Waals surface area contributed by atoms with Gasteiger partial charge >= 0.3 is 0 Å². The predicted octanol–water partition coefficient (Wildman–Crippen LogP) is 5.14. The maximum Gasteiger partial charge on any atom is 0.220 e. The minimum Gasteiger partial charge on any atom is -0.369 e. The first-order valence-electron chi connectivity index (χ1n) is 13.7. The molecule has 200 valence electrons. The molecule has 3 N–H and O–H groups in total. The number of nitrogens with zero attached hydrogens (tertiary/aromatic N) is 4. The van der Waals surface area contributed by atoms with Crippen LogP contribution in [-0.4, -0.2) is 43.6 Å². The molecule has 1 aliphatic heterocycles. The Kier molecular flexibility index (Phi) is 7.56. The quantitative estimate of drug-likeness (QED) is 0.258. The average molecular weight is 539 g/mol. The van der Waals surface area contributed by atoms with Gasteiger partial charge in [-0.2, -0.15) is 0 Å². The summed E-state index contributed by atoms with van der Waals surface area (Å²) in [6, 6.07) is 23.3. The third-order valence-corrected chi connectivity index (χ3v) is 8.85.